The number of allylic oxidation sites excluding steroid dienone is 1. The summed E-state index contributed by atoms with van der Waals surface area (Å²) in [4.78, 5) is 12.1. The van der Waals surface area contributed by atoms with E-state index < -0.39 is 11.6 Å². The molecule has 0 aliphatic carbocycles. The van der Waals surface area contributed by atoms with Gasteiger partial charge in [0.25, 0.3) is 0 Å². The Morgan fingerprint density at radius 2 is 1.87 bits per heavy atom. The number of phenols is 1. The lowest BCUT2D eigenvalue weighted by molar-refractivity contribution is 0.188. The fourth-order valence-corrected chi connectivity index (χ4v) is 2.18. The molecule has 2 aromatic rings. The maximum Gasteiger partial charge on any atom is 0.413 e. The highest BCUT2D eigenvalue weighted by atomic mass is 16.6. The molecule has 0 aliphatic rings. The summed E-state index contributed by atoms with van der Waals surface area (Å²) in [6.07, 6.45) is -0.582. The molecule has 4 heteroatoms. The van der Waals surface area contributed by atoms with Gasteiger partial charge in [-0.25, -0.2) is 4.79 Å². The predicted molar refractivity (Wildman–Crippen MR) is 91.4 cm³/mol. The van der Waals surface area contributed by atoms with Gasteiger partial charge in [0.05, 0.1) is 5.54 Å². The molecular weight excluding hydrogens is 290 g/mol. The minimum Gasteiger partial charge on any atom is -0.508 e. The first-order chi connectivity index (χ1) is 10.8. The molecule has 2 rings (SSSR count). The molecule has 2 N–H and O–H groups in total. The summed E-state index contributed by atoms with van der Waals surface area (Å²) in [5.41, 5.74) is 2.33. The zero-order valence-corrected chi connectivity index (χ0v) is 13.6. The van der Waals surface area contributed by atoms with Crippen molar-refractivity contribution in [3.05, 3.63) is 66.2 Å². The molecule has 120 valence electrons. The van der Waals surface area contributed by atoms with Gasteiger partial charge in [0.15, 0.2) is 0 Å². The molecule has 0 heterocycles. The number of nitrogens with one attached hydrogen (secondary N) is 1. The van der Waals surface area contributed by atoms with Crippen molar-refractivity contribution in [1.82, 2.24) is 5.32 Å². The van der Waals surface area contributed by atoms with E-state index in [2.05, 4.69) is 11.9 Å². The Morgan fingerprint density at radius 1 is 1.17 bits per heavy atom. The molecule has 23 heavy (non-hydrogen) atoms. The van der Waals surface area contributed by atoms with Crippen molar-refractivity contribution in [2.75, 3.05) is 0 Å². The first kappa shape index (κ1) is 16.6. The Labute approximate surface area is 136 Å². The zero-order chi connectivity index (χ0) is 17.0. The van der Waals surface area contributed by atoms with Gasteiger partial charge in [0.1, 0.15) is 11.5 Å². The summed E-state index contributed by atoms with van der Waals surface area (Å²) in [6, 6.07) is 14.0. The fraction of sp³-hybridized carbons (Fsp3) is 0.211. The van der Waals surface area contributed by atoms with Crippen LogP contribution in [0.2, 0.25) is 0 Å². The molecular formula is C19H21NO3. The number of amides is 1. The van der Waals surface area contributed by atoms with E-state index in [1.54, 1.807) is 12.1 Å². The van der Waals surface area contributed by atoms with Crippen molar-refractivity contribution < 1.29 is 14.6 Å². The second-order valence-electron chi connectivity index (χ2n) is 6.00. The molecule has 1 amide bonds. The lowest BCUT2D eigenvalue weighted by Gasteiger charge is -2.27. The van der Waals surface area contributed by atoms with Crippen LogP contribution in [0.15, 0.2) is 55.1 Å². The number of hydrogen-bond acceptors (Lipinski definition) is 3. The maximum atomic E-state index is 12.1. The molecule has 0 atom stereocenters. The van der Waals surface area contributed by atoms with Gasteiger partial charge >= 0.3 is 6.09 Å². The highest BCUT2D eigenvalue weighted by molar-refractivity contribution is 5.72. The van der Waals surface area contributed by atoms with Crippen molar-refractivity contribution in [1.29, 1.82) is 0 Å². The van der Waals surface area contributed by atoms with Crippen LogP contribution in [0, 0.1) is 0 Å². The minimum atomic E-state index is -0.612. The Kier molecular flexibility index (Phi) is 4.74. The normalized spacial score (nSPS) is 10.9. The van der Waals surface area contributed by atoms with Gasteiger partial charge in [-0.3, -0.25) is 0 Å². The zero-order valence-electron chi connectivity index (χ0n) is 13.6. The van der Waals surface area contributed by atoms with Crippen LogP contribution in [0.1, 0.15) is 31.9 Å². The van der Waals surface area contributed by atoms with E-state index >= 15 is 0 Å². The number of benzene rings is 2. The average Bonchev–Trinajstić information content (AvgIpc) is 2.46. The minimum absolute atomic E-state index is 0.0451. The van der Waals surface area contributed by atoms with E-state index in [1.807, 2.05) is 45.0 Å². The average molecular weight is 311 g/mol. The molecule has 2 aromatic carbocycles. The van der Waals surface area contributed by atoms with Crippen LogP contribution in [0.25, 0.3) is 5.57 Å². The standard InChI is InChI=1S/C19H21NO3/c1-13(2)14-7-5-8-15(11-14)19(3,4)20-18(22)23-17-10-6-9-16(21)12-17/h5-12,21H,1H2,2-4H3,(H,20,22). The van der Waals surface area contributed by atoms with Gasteiger partial charge in [-0.2, -0.15) is 0 Å². The van der Waals surface area contributed by atoms with Crippen molar-refractivity contribution in [3.8, 4) is 11.5 Å². The monoisotopic (exact) mass is 311 g/mol. The third kappa shape index (κ3) is 4.36. The number of phenolic OH excluding ortho intramolecular Hbond substituents is 1. The molecule has 0 saturated carbocycles. The number of carbonyl (C=O) groups is 1. The molecule has 0 bridgehead atoms. The Morgan fingerprint density at radius 3 is 2.52 bits per heavy atom. The Hall–Kier alpha value is -2.75. The van der Waals surface area contributed by atoms with Gasteiger partial charge in [-0.1, -0.05) is 36.4 Å². The SMILES string of the molecule is C=C(C)c1cccc(C(C)(C)NC(=O)Oc2cccc(O)c2)c1. The second-order valence-corrected chi connectivity index (χ2v) is 6.00. The molecule has 0 fully saturated rings. The first-order valence-corrected chi connectivity index (χ1v) is 7.33. The van der Waals surface area contributed by atoms with E-state index in [-0.39, 0.29) is 11.5 Å². The Bertz CT molecular complexity index is 735. The van der Waals surface area contributed by atoms with Crippen LogP contribution in [-0.2, 0) is 5.54 Å². The molecule has 0 aromatic heterocycles. The number of hydrogen-bond donors (Lipinski definition) is 2. The molecule has 0 radical (unpaired) electrons. The highest BCUT2D eigenvalue weighted by Gasteiger charge is 2.24. The van der Waals surface area contributed by atoms with Gasteiger partial charge in [0.2, 0.25) is 0 Å². The van der Waals surface area contributed by atoms with Crippen molar-refractivity contribution in [3.63, 3.8) is 0 Å². The number of rotatable bonds is 4. The van der Waals surface area contributed by atoms with Crippen molar-refractivity contribution in [2.45, 2.75) is 26.3 Å². The van der Waals surface area contributed by atoms with Gasteiger partial charge in [-0.05, 0) is 50.1 Å². The summed E-state index contributed by atoms with van der Waals surface area (Å²) in [6.45, 7) is 9.67. The van der Waals surface area contributed by atoms with Crippen LogP contribution < -0.4 is 10.1 Å². The quantitative estimate of drug-likeness (QED) is 0.877. The van der Waals surface area contributed by atoms with Crippen LogP contribution in [0.5, 0.6) is 11.5 Å². The third-order valence-corrected chi connectivity index (χ3v) is 3.52. The lowest BCUT2D eigenvalue weighted by atomic mass is 9.92. The predicted octanol–water partition coefficient (Wildman–Crippen LogP) is 4.45. The maximum absolute atomic E-state index is 12.1. The van der Waals surface area contributed by atoms with E-state index in [0.717, 1.165) is 16.7 Å². The summed E-state index contributed by atoms with van der Waals surface area (Å²) < 4.78 is 5.20. The third-order valence-electron chi connectivity index (χ3n) is 3.52. The van der Waals surface area contributed by atoms with Gasteiger partial charge in [0, 0.05) is 6.07 Å². The molecule has 0 unspecified atom stereocenters. The first-order valence-electron chi connectivity index (χ1n) is 7.33. The van der Waals surface area contributed by atoms with Gasteiger partial charge < -0.3 is 15.2 Å². The smallest absolute Gasteiger partial charge is 0.413 e. The summed E-state index contributed by atoms with van der Waals surface area (Å²) in [7, 11) is 0. The Balaban J connectivity index is 2.12. The molecule has 0 saturated heterocycles. The van der Waals surface area contributed by atoms with Crippen LogP contribution in [-0.4, -0.2) is 11.2 Å². The van der Waals surface area contributed by atoms with Crippen LogP contribution in [0.3, 0.4) is 0 Å². The van der Waals surface area contributed by atoms with Crippen LogP contribution in [0.4, 0.5) is 4.79 Å². The van der Waals surface area contributed by atoms with E-state index in [4.69, 9.17) is 4.74 Å². The van der Waals surface area contributed by atoms with Crippen molar-refractivity contribution in [2.24, 2.45) is 0 Å². The summed E-state index contributed by atoms with van der Waals surface area (Å²) in [5, 5.41) is 12.2. The fourth-order valence-electron chi connectivity index (χ4n) is 2.18. The molecule has 4 nitrogen and oxygen atoms in total. The van der Waals surface area contributed by atoms with Crippen LogP contribution >= 0.6 is 0 Å². The number of aromatic hydroxyl groups is 1. The number of carbonyl (C=O) groups excluding carboxylic acids is 1. The highest BCUT2D eigenvalue weighted by Crippen LogP contribution is 2.24. The van der Waals surface area contributed by atoms with Gasteiger partial charge in [-0.15, -0.1) is 0 Å². The summed E-state index contributed by atoms with van der Waals surface area (Å²) in [5.74, 6) is 0.331. The largest absolute Gasteiger partial charge is 0.508 e. The lowest BCUT2D eigenvalue weighted by Crippen LogP contribution is -2.42. The van der Waals surface area contributed by atoms with E-state index in [0.29, 0.717) is 0 Å². The second kappa shape index (κ2) is 6.57. The summed E-state index contributed by atoms with van der Waals surface area (Å²) >= 11 is 0. The topological polar surface area (TPSA) is 58.6 Å². The molecule has 0 aliphatic heterocycles. The number of ether oxygens (including phenoxy) is 1. The molecule has 0 spiro atoms. The van der Waals surface area contributed by atoms with E-state index in [1.165, 1.54) is 12.1 Å². The van der Waals surface area contributed by atoms with E-state index in [9.17, 15) is 9.90 Å². The van der Waals surface area contributed by atoms with Crippen molar-refractivity contribution >= 4 is 11.7 Å².